The zero-order valence-corrected chi connectivity index (χ0v) is 20.7. The summed E-state index contributed by atoms with van der Waals surface area (Å²) in [7, 11) is 0. The maximum atomic E-state index is 13.4. The number of rotatable bonds is 11. The number of halogens is 1. The quantitative estimate of drug-likeness (QED) is 0.293. The number of nitrogens with one attached hydrogen (secondary N) is 1. The Hall–Kier alpha value is -2.67. The molecule has 0 bridgehead atoms. The Morgan fingerprint density at radius 1 is 1.09 bits per heavy atom. The van der Waals surface area contributed by atoms with Crippen molar-refractivity contribution in [1.29, 1.82) is 0 Å². The molecule has 1 aromatic rings. The molecule has 1 saturated heterocycles. The lowest BCUT2D eigenvalue weighted by molar-refractivity contribution is -0.144. The number of unbranched alkanes of at least 4 members (excludes halogenated alkanes) is 1. The number of amides is 4. The summed E-state index contributed by atoms with van der Waals surface area (Å²) in [5, 5.41) is 3.52. The van der Waals surface area contributed by atoms with Crippen molar-refractivity contribution in [3.05, 3.63) is 47.0 Å². The van der Waals surface area contributed by atoms with Crippen LogP contribution in [0, 0.1) is 11.8 Å². The molecule has 1 aromatic carbocycles. The van der Waals surface area contributed by atoms with E-state index >= 15 is 0 Å². The first kappa shape index (κ1) is 25.9. The zero-order valence-electron chi connectivity index (χ0n) is 20.0. The molecule has 0 unspecified atom stereocenters. The van der Waals surface area contributed by atoms with E-state index in [1.54, 1.807) is 17.0 Å². The third-order valence-electron chi connectivity index (χ3n) is 6.63. The maximum Gasteiger partial charge on any atom is 0.242 e. The van der Waals surface area contributed by atoms with Gasteiger partial charge in [-0.05, 0) is 43.4 Å². The summed E-state index contributed by atoms with van der Waals surface area (Å²) >= 11 is 6.01. The molecular formula is C26H34ClN3O4. The summed E-state index contributed by atoms with van der Waals surface area (Å²) in [5.41, 5.74) is 0.850. The van der Waals surface area contributed by atoms with E-state index in [9.17, 15) is 19.2 Å². The molecule has 1 heterocycles. The van der Waals surface area contributed by atoms with Gasteiger partial charge >= 0.3 is 0 Å². The van der Waals surface area contributed by atoms with Crippen LogP contribution in [0.2, 0.25) is 5.02 Å². The fourth-order valence-corrected chi connectivity index (χ4v) is 4.78. The monoisotopic (exact) mass is 487 g/mol. The van der Waals surface area contributed by atoms with Crippen LogP contribution in [0.1, 0.15) is 57.9 Å². The molecule has 4 amide bonds. The standard InChI is InChI=1S/C26H34ClN3O4/c1-3-5-15-28-24(32)22(4-2)30(17-18-10-12-19(27)13-11-18)23(31)14-16-29-25(33)20-8-6-7-9-21(20)26(29)34/h6-7,10-13,20-22H,3-5,8-9,14-17H2,1-2H3,(H,28,32)/t20-,21+,22-/m0/s1. The second kappa shape index (κ2) is 12.2. The fraction of sp³-hybridized carbons (Fsp3) is 0.538. The number of carbonyl (C=O) groups excluding carboxylic acids is 4. The number of nitrogens with zero attached hydrogens (tertiary/aromatic N) is 2. The van der Waals surface area contributed by atoms with E-state index in [4.69, 9.17) is 11.6 Å². The number of allylic oxidation sites excluding steroid dienone is 2. The molecule has 34 heavy (non-hydrogen) atoms. The first-order chi connectivity index (χ1) is 16.4. The highest BCUT2D eigenvalue weighted by Crippen LogP contribution is 2.35. The number of likely N-dealkylation sites (tertiary alicyclic amines) is 1. The third kappa shape index (κ3) is 6.06. The van der Waals surface area contributed by atoms with Crippen LogP contribution in [0.4, 0.5) is 0 Å². The molecular weight excluding hydrogens is 454 g/mol. The predicted molar refractivity (Wildman–Crippen MR) is 131 cm³/mol. The Bertz CT molecular complexity index is 904. The van der Waals surface area contributed by atoms with Crippen LogP contribution >= 0.6 is 11.6 Å². The van der Waals surface area contributed by atoms with Crippen molar-refractivity contribution < 1.29 is 19.2 Å². The van der Waals surface area contributed by atoms with Gasteiger partial charge in [-0.15, -0.1) is 0 Å². The van der Waals surface area contributed by atoms with Gasteiger partial charge in [0.15, 0.2) is 0 Å². The SMILES string of the molecule is CCCCNC(=O)[C@H](CC)N(Cc1ccc(Cl)cc1)C(=O)CCN1C(=O)[C@H]2CC=CC[C@H]2C1=O. The summed E-state index contributed by atoms with van der Waals surface area (Å²) in [5.74, 6) is -1.47. The Morgan fingerprint density at radius 3 is 2.26 bits per heavy atom. The van der Waals surface area contributed by atoms with Gasteiger partial charge in [0.05, 0.1) is 11.8 Å². The lowest BCUT2D eigenvalue weighted by Gasteiger charge is -2.31. The average molecular weight is 488 g/mol. The highest BCUT2D eigenvalue weighted by Gasteiger charge is 2.47. The summed E-state index contributed by atoms with van der Waals surface area (Å²) in [6.45, 7) is 4.76. The van der Waals surface area contributed by atoms with Crippen LogP contribution in [0.25, 0.3) is 0 Å². The second-order valence-electron chi connectivity index (χ2n) is 8.95. The topological polar surface area (TPSA) is 86.8 Å². The molecule has 0 saturated carbocycles. The molecule has 1 aliphatic carbocycles. The van der Waals surface area contributed by atoms with Crippen LogP contribution < -0.4 is 5.32 Å². The minimum absolute atomic E-state index is 0.0172. The van der Waals surface area contributed by atoms with Gasteiger partial charge in [0.2, 0.25) is 23.6 Å². The molecule has 2 aliphatic rings. The van der Waals surface area contributed by atoms with Gasteiger partial charge in [-0.2, -0.15) is 0 Å². The molecule has 184 valence electrons. The van der Waals surface area contributed by atoms with Crippen LogP contribution in [-0.2, 0) is 25.7 Å². The second-order valence-corrected chi connectivity index (χ2v) is 9.39. The van der Waals surface area contributed by atoms with Gasteiger partial charge in [0.25, 0.3) is 0 Å². The number of fused-ring (bicyclic) bond motifs is 1. The summed E-state index contributed by atoms with van der Waals surface area (Å²) in [6.07, 6.45) is 7.28. The Kier molecular flexibility index (Phi) is 9.28. The van der Waals surface area contributed by atoms with E-state index in [-0.39, 0.29) is 55.0 Å². The number of imide groups is 1. The lowest BCUT2D eigenvalue weighted by atomic mass is 9.85. The van der Waals surface area contributed by atoms with Crippen molar-refractivity contribution in [3.8, 4) is 0 Å². The summed E-state index contributed by atoms with van der Waals surface area (Å²) < 4.78 is 0. The number of hydrogen-bond acceptors (Lipinski definition) is 4. The van der Waals surface area contributed by atoms with Crippen LogP contribution in [-0.4, -0.2) is 52.6 Å². The molecule has 7 nitrogen and oxygen atoms in total. The normalized spacial score (nSPS) is 20.3. The zero-order chi connectivity index (χ0) is 24.7. The highest BCUT2D eigenvalue weighted by atomic mass is 35.5. The van der Waals surface area contributed by atoms with Crippen molar-refractivity contribution in [1.82, 2.24) is 15.1 Å². The predicted octanol–water partition coefficient (Wildman–Crippen LogP) is 3.70. The molecule has 3 atom stereocenters. The molecule has 1 N–H and O–H groups in total. The molecule has 8 heteroatoms. The van der Waals surface area contributed by atoms with Crippen molar-refractivity contribution in [2.24, 2.45) is 11.8 Å². The number of hydrogen-bond donors (Lipinski definition) is 1. The van der Waals surface area contributed by atoms with Gasteiger partial charge in [0, 0.05) is 31.1 Å². The fourth-order valence-electron chi connectivity index (χ4n) is 4.65. The first-order valence-electron chi connectivity index (χ1n) is 12.2. The molecule has 1 aliphatic heterocycles. The summed E-state index contributed by atoms with van der Waals surface area (Å²) in [6, 6.07) is 6.51. The highest BCUT2D eigenvalue weighted by molar-refractivity contribution is 6.30. The van der Waals surface area contributed by atoms with Gasteiger partial charge in [0.1, 0.15) is 6.04 Å². The van der Waals surface area contributed by atoms with Crippen molar-refractivity contribution in [2.45, 2.75) is 65.0 Å². The maximum absolute atomic E-state index is 13.4. The number of benzene rings is 1. The van der Waals surface area contributed by atoms with Gasteiger partial charge in [-0.25, -0.2) is 0 Å². The Balaban J connectivity index is 1.72. The minimum atomic E-state index is -0.642. The van der Waals surface area contributed by atoms with E-state index in [2.05, 4.69) is 5.32 Å². The summed E-state index contributed by atoms with van der Waals surface area (Å²) in [4.78, 5) is 54.7. The average Bonchev–Trinajstić information content (AvgIpc) is 3.08. The minimum Gasteiger partial charge on any atom is -0.354 e. The molecule has 0 spiro atoms. The van der Waals surface area contributed by atoms with Crippen molar-refractivity contribution >= 4 is 35.2 Å². The molecule has 0 radical (unpaired) electrons. The number of carbonyl (C=O) groups is 4. The van der Waals surface area contributed by atoms with Gasteiger partial charge < -0.3 is 10.2 Å². The largest absolute Gasteiger partial charge is 0.354 e. The molecule has 0 aromatic heterocycles. The van der Waals surface area contributed by atoms with Gasteiger partial charge in [-0.1, -0.05) is 56.2 Å². The van der Waals surface area contributed by atoms with Crippen LogP contribution in [0.3, 0.4) is 0 Å². The van der Waals surface area contributed by atoms with Crippen molar-refractivity contribution in [2.75, 3.05) is 13.1 Å². The molecule has 1 fully saturated rings. The third-order valence-corrected chi connectivity index (χ3v) is 6.88. The van der Waals surface area contributed by atoms with E-state index in [1.165, 1.54) is 4.90 Å². The van der Waals surface area contributed by atoms with E-state index in [0.717, 1.165) is 18.4 Å². The van der Waals surface area contributed by atoms with E-state index in [1.807, 2.05) is 38.1 Å². The van der Waals surface area contributed by atoms with E-state index in [0.29, 0.717) is 30.8 Å². The van der Waals surface area contributed by atoms with Gasteiger partial charge in [-0.3, -0.25) is 24.1 Å². The first-order valence-corrected chi connectivity index (χ1v) is 12.6. The molecule has 3 rings (SSSR count). The Morgan fingerprint density at radius 2 is 1.71 bits per heavy atom. The van der Waals surface area contributed by atoms with Crippen LogP contribution in [0.5, 0.6) is 0 Å². The van der Waals surface area contributed by atoms with Crippen molar-refractivity contribution in [3.63, 3.8) is 0 Å². The Labute approximate surface area is 206 Å². The lowest BCUT2D eigenvalue weighted by Crippen LogP contribution is -2.49. The van der Waals surface area contributed by atoms with Crippen LogP contribution in [0.15, 0.2) is 36.4 Å². The smallest absolute Gasteiger partial charge is 0.242 e. The van der Waals surface area contributed by atoms with E-state index < -0.39 is 6.04 Å².